The lowest BCUT2D eigenvalue weighted by molar-refractivity contribution is -0.870. The van der Waals surface area contributed by atoms with Crippen LogP contribution in [0.25, 0.3) is 5.52 Å². The smallest absolute Gasteiger partial charge is 0.202 e. The number of halogens is 1. The van der Waals surface area contributed by atoms with Gasteiger partial charge >= 0.3 is 0 Å². The summed E-state index contributed by atoms with van der Waals surface area (Å²) in [6, 6.07) is 5.78. The summed E-state index contributed by atoms with van der Waals surface area (Å²) < 4.78 is 2.67. The number of rotatable bonds is 6. The van der Waals surface area contributed by atoms with Crippen molar-refractivity contribution in [2.45, 2.75) is 13.3 Å². The second kappa shape index (κ2) is 7.77. The summed E-state index contributed by atoms with van der Waals surface area (Å²) in [6.07, 6.45) is 4.53. The van der Waals surface area contributed by atoms with E-state index in [1.54, 1.807) is 17.5 Å². The first kappa shape index (κ1) is 20.1. The van der Waals surface area contributed by atoms with Gasteiger partial charge in [-0.3, -0.25) is 4.79 Å². The number of Topliss-reactive ketones (excluding diaryl/α,β-unsaturated/α-hetero) is 1. The Hall–Kier alpha value is -2.64. The molecule has 0 saturated heterocycles. The van der Waals surface area contributed by atoms with Gasteiger partial charge in [-0.2, -0.15) is 0 Å². The van der Waals surface area contributed by atoms with E-state index in [-0.39, 0.29) is 16.5 Å². The molecule has 0 aromatic carbocycles. The molecule has 1 aliphatic rings. The van der Waals surface area contributed by atoms with E-state index in [2.05, 4.69) is 31.6 Å². The average Bonchev–Trinajstić information content (AvgIpc) is 2.98. The predicted molar refractivity (Wildman–Crippen MR) is 114 cm³/mol. The number of nitrogens with one attached hydrogen (secondary N) is 1. The lowest BCUT2D eigenvalue weighted by Gasteiger charge is -2.23. The Morgan fingerprint density at radius 2 is 2.07 bits per heavy atom. The molecule has 0 radical (unpaired) electrons. The summed E-state index contributed by atoms with van der Waals surface area (Å²) in [5.74, 6) is 0.406. The highest BCUT2D eigenvalue weighted by Gasteiger charge is 2.23. The van der Waals surface area contributed by atoms with Crippen LogP contribution in [0.15, 0.2) is 51.8 Å². The molecular formula is C20H26ClN6O+. The van der Waals surface area contributed by atoms with Crippen molar-refractivity contribution in [3.63, 3.8) is 0 Å². The van der Waals surface area contributed by atoms with Crippen molar-refractivity contribution >= 4 is 40.1 Å². The lowest BCUT2D eigenvalue weighted by atomic mass is 10.0. The number of ketones is 1. The molecule has 2 aromatic heterocycles. The Bertz CT molecular complexity index is 1010. The number of hydrogen-bond donors (Lipinski definition) is 2. The Labute approximate surface area is 169 Å². The Kier molecular flexibility index (Phi) is 5.58. The summed E-state index contributed by atoms with van der Waals surface area (Å²) in [4.78, 5) is 16.7. The summed E-state index contributed by atoms with van der Waals surface area (Å²) in [5, 5.41) is 8.00. The van der Waals surface area contributed by atoms with E-state index < -0.39 is 0 Å². The Morgan fingerprint density at radius 3 is 2.79 bits per heavy atom. The number of carbonyl (C=O) groups is 1. The number of anilines is 1. The molecular weight excluding hydrogens is 376 g/mol. The number of fused-ring (bicyclic) bond motifs is 1. The van der Waals surface area contributed by atoms with Crippen LogP contribution in [-0.4, -0.2) is 59.8 Å². The maximum absolute atomic E-state index is 12.0. The largest absolute Gasteiger partial charge is 0.396 e. The van der Waals surface area contributed by atoms with Gasteiger partial charge in [-0.05, 0) is 25.1 Å². The number of quaternary nitrogens is 1. The minimum absolute atomic E-state index is 0.00711. The normalized spacial score (nSPS) is 16.8. The molecule has 2 aromatic rings. The van der Waals surface area contributed by atoms with E-state index in [0.717, 1.165) is 29.5 Å². The van der Waals surface area contributed by atoms with Crippen molar-refractivity contribution in [3.8, 4) is 0 Å². The Balaban J connectivity index is 1.97. The minimum atomic E-state index is -0.267. The van der Waals surface area contributed by atoms with Crippen LogP contribution in [0, 0.1) is 0 Å². The number of hydrogen-bond acceptors (Lipinski definition) is 5. The molecule has 0 fully saturated rings. The molecule has 2 heterocycles. The summed E-state index contributed by atoms with van der Waals surface area (Å²) in [6.45, 7) is 3.52. The SMILES string of the molecule is CC1=CC(=Nc2c(NCCC[N+](C)(C)C)nn3ccccc23)C(N)=C(Cl)C1=O. The van der Waals surface area contributed by atoms with Gasteiger partial charge in [0.2, 0.25) is 5.78 Å². The highest BCUT2D eigenvalue weighted by molar-refractivity contribution is 6.49. The quantitative estimate of drug-likeness (QED) is 0.443. The summed E-state index contributed by atoms with van der Waals surface area (Å²) >= 11 is 6.10. The first-order valence-corrected chi connectivity index (χ1v) is 9.54. The van der Waals surface area contributed by atoms with E-state index in [0.29, 0.717) is 22.8 Å². The topological polar surface area (TPSA) is 84.8 Å². The van der Waals surface area contributed by atoms with Crippen molar-refractivity contribution in [2.24, 2.45) is 10.7 Å². The molecule has 0 bridgehead atoms. The van der Waals surface area contributed by atoms with Crippen LogP contribution in [0.1, 0.15) is 13.3 Å². The van der Waals surface area contributed by atoms with Gasteiger partial charge < -0.3 is 15.5 Å². The molecule has 0 aliphatic heterocycles. The average molecular weight is 402 g/mol. The van der Waals surface area contributed by atoms with E-state index in [4.69, 9.17) is 22.3 Å². The predicted octanol–water partition coefficient (Wildman–Crippen LogP) is 2.85. The molecule has 0 atom stereocenters. The number of carbonyl (C=O) groups excluding carboxylic acids is 1. The van der Waals surface area contributed by atoms with Crippen molar-refractivity contribution in [2.75, 3.05) is 39.5 Å². The number of aliphatic imine (C=N–C) groups is 1. The van der Waals surface area contributed by atoms with Crippen LogP contribution in [0.2, 0.25) is 0 Å². The van der Waals surface area contributed by atoms with Crippen molar-refractivity contribution < 1.29 is 9.28 Å². The molecule has 3 N–H and O–H groups in total. The third-order valence-corrected chi connectivity index (χ3v) is 4.84. The van der Waals surface area contributed by atoms with Gasteiger partial charge in [0.05, 0.1) is 44.6 Å². The highest BCUT2D eigenvalue weighted by Crippen LogP contribution is 2.32. The van der Waals surface area contributed by atoms with Crippen LogP contribution in [-0.2, 0) is 4.79 Å². The van der Waals surface area contributed by atoms with Crippen LogP contribution in [0.3, 0.4) is 0 Å². The number of allylic oxidation sites excluding steroid dienone is 3. The number of nitrogens with two attached hydrogens (primary N) is 1. The molecule has 0 spiro atoms. The summed E-state index contributed by atoms with van der Waals surface area (Å²) in [7, 11) is 6.50. The van der Waals surface area contributed by atoms with Gasteiger partial charge in [-0.15, -0.1) is 5.10 Å². The third kappa shape index (κ3) is 4.26. The number of pyridine rings is 1. The van der Waals surface area contributed by atoms with Gasteiger partial charge in [-0.1, -0.05) is 17.7 Å². The second-order valence-corrected chi connectivity index (χ2v) is 8.28. The first-order valence-electron chi connectivity index (χ1n) is 9.16. The van der Waals surface area contributed by atoms with Gasteiger partial charge in [0, 0.05) is 24.7 Å². The molecule has 0 amide bonds. The van der Waals surface area contributed by atoms with E-state index in [9.17, 15) is 4.79 Å². The van der Waals surface area contributed by atoms with Crippen LogP contribution in [0.4, 0.5) is 11.5 Å². The van der Waals surface area contributed by atoms with Gasteiger partial charge in [0.15, 0.2) is 5.82 Å². The molecule has 28 heavy (non-hydrogen) atoms. The first-order chi connectivity index (χ1) is 13.2. The highest BCUT2D eigenvalue weighted by atomic mass is 35.5. The van der Waals surface area contributed by atoms with Gasteiger partial charge in [0.1, 0.15) is 10.7 Å². The molecule has 0 saturated carbocycles. The fraction of sp³-hybridized carbons (Fsp3) is 0.350. The van der Waals surface area contributed by atoms with Crippen LogP contribution < -0.4 is 11.1 Å². The molecule has 3 rings (SSSR count). The fourth-order valence-corrected chi connectivity index (χ4v) is 3.19. The molecule has 0 unspecified atom stereocenters. The van der Waals surface area contributed by atoms with E-state index >= 15 is 0 Å². The van der Waals surface area contributed by atoms with E-state index in [1.165, 1.54) is 0 Å². The molecule has 148 valence electrons. The fourth-order valence-electron chi connectivity index (χ4n) is 2.94. The van der Waals surface area contributed by atoms with Gasteiger partial charge in [0.25, 0.3) is 0 Å². The Morgan fingerprint density at radius 1 is 1.32 bits per heavy atom. The van der Waals surface area contributed by atoms with Crippen LogP contribution in [0.5, 0.6) is 0 Å². The molecule has 1 aliphatic carbocycles. The minimum Gasteiger partial charge on any atom is -0.396 e. The second-order valence-electron chi connectivity index (χ2n) is 7.90. The number of nitrogens with zero attached hydrogens (tertiary/aromatic N) is 4. The maximum atomic E-state index is 12.0. The van der Waals surface area contributed by atoms with E-state index in [1.807, 2.05) is 24.4 Å². The zero-order chi connectivity index (χ0) is 20.5. The maximum Gasteiger partial charge on any atom is 0.202 e. The lowest BCUT2D eigenvalue weighted by Crippen LogP contribution is -2.36. The van der Waals surface area contributed by atoms with Gasteiger partial charge in [-0.25, -0.2) is 9.51 Å². The van der Waals surface area contributed by atoms with Crippen molar-refractivity contribution in [3.05, 3.63) is 46.8 Å². The molecule has 8 heteroatoms. The van der Waals surface area contributed by atoms with Crippen molar-refractivity contribution in [1.29, 1.82) is 0 Å². The number of aromatic nitrogens is 2. The zero-order valence-electron chi connectivity index (χ0n) is 16.7. The zero-order valence-corrected chi connectivity index (χ0v) is 17.4. The molecule has 7 nitrogen and oxygen atoms in total. The summed E-state index contributed by atoms with van der Waals surface area (Å²) in [5.41, 5.74) is 8.73. The monoisotopic (exact) mass is 401 g/mol. The standard InChI is InChI=1S/C20H25ClN6O/c1-13-12-14(17(22)16(21)19(13)28)24-18-15-8-5-6-10-26(15)25-20(18)23-9-7-11-27(2,3)4/h5-6,8,10,12H,7,9,11H2,1-4H3,(H2-,22,23,25,28)/p+1. The third-order valence-electron chi connectivity index (χ3n) is 4.47. The van der Waals surface area contributed by atoms with Crippen molar-refractivity contribution in [1.82, 2.24) is 9.61 Å². The van der Waals surface area contributed by atoms with Crippen LogP contribution >= 0.6 is 11.6 Å².